The maximum Gasteiger partial charge on any atom is 0.191 e. The maximum absolute atomic E-state index is 6.30. The second-order valence-corrected chi connectivity index (χ2v) is 6.66. The molecule has 7 heteroatoms. The van der Waals surface area contributed by atoms with E-state index < -0.39 is 0 Å². The summed E-state index contributed by atoms with van der Waals surface area (Å²) in [6.07, 6.45) is 0.973. The molecule has 136 valence electrons. The first kappa shape index (κ1) is 19.4. The zero-order valence-electron chi connectivity index (χ0n) is 14.8. The van der Waals surface area contributed by atoms with Crippen molar-refractivity contribution >= 4 is 28.9 Å². The predicted octanol–water partition coefficient (Wildman–Crippen LogP) is 3.72. The van der Waals surface area contributed by atoms with Crippen LogP contribution in [0.1, 0.15) is 17.4 Å². The molecule has 0 saturated carbocycles. The van der Waals surface area contributed by atoms with Gasteiger partial charge in [-0.05, 0) is 42.5 Å². The Morgan fingerprint density at radius 3 is 2.80 bits per heavy atom. The molecule has 0 radical (unpaired) electrons. The van der Waals surface area contributed by atoms with Gasteiger partial charge in [0, 0.05) is 25.0 Å². The average Bonchev–Trinajstić information content (AvgIpc) is 3.13. The number of nitrogens with one attached hydrogen (secondary N) is 2. The third kappa shape index (κ3) is 5.83. The highest BCUT2D eigenvalue weighted by molar-refractivity contribution is 7.09. The highest BCUT2D eigenvalue weighted by atomic mass is 35.5. The van der Waals surface area contributed by atoms with Crippen LogP contribution in [0.3, 0.4) is 0 Å². The van der Waals surface area contributed by atoms with Gasteiger partial charge in [-0.1, -0.05) is 17.7 Å². The van der Waals surface area contributed by atoms with E-state index in [-0.39, 0.29) is 0 Å². The topological polar surface area (TPSA) is 54.9 Å². The molecule has 1 aromatic carbocycles. The SMILES string of the molecule is CCOc1c(Cl)cc(CNC(=NC)NCCc2cccs2)cc1OC. The van der Waals surface area contributed by atoms with Crippen LogP contribution < -0.4 is 20.1 Å². The summed E-state index contributed by atoms with van der Waals surface area (Å²) in [4.78, 5) is 5.60. The summed E-state index contributed by atoms with van der Waals surface area (Å²) in [5, 5.41) is 9.22. The Morgan fingerprint density at radius 1 is 1.32 bits per heavy atom. The third-order valence-corrected chi connectivity index (χ3v) is 4.72. The molecule has 0 unspecified atom stereocenters. The lowest BCUT2D eigenvalue weighted by atomic mass is 10.2. The summed E-state index contributed by atoms with van der Waals surface area (Å²) >= 11 is 8.07. The first-order valence-corrected chi connectivity index (χ1v) is 9.39. The molecule has 25 heavy (non-hydrogen) atoms. The average molecular weight is 382 g/mol. The van der Waals surface area contributed by atoms with Crippen LogP contribution in [0, 0.1) is 0 Å². The van der Waals surface area contributed by atoms with Gasteiger partial charge >= 0.3 is 0 Å². The van der Waals surface area contributed by atoms with E-state index in [1.165, 1.54) is 4.88 Å². The van der Waals surface area contributed by atoms with Crippen molar-refractivity contribution < 1.29 is 9.47 Å². The van der Waals surface area contributed by atoms with Crippen LogP contribution in [0.15, 0.2) is 34.6 Å². The van der Waals surface area contributed by atoms with Crippen molar-refractivity contribution in [3.8, 4) is 11.5 Å². The number of rotatable bonds is 8. The van der Waals surface area contributed by atoms with E-state index in [4.69, 9.17) is 21.1 Å². The third-order valence-electron chi connectivity index (χ3n) is 3.51. The number of hydrogen-bond acceptors (Lipinski definition) is 4. The number of halogens is 1. The molecular weight excluding hydrogens is 358 g/mol. The van der Waals surface area contributed by atoms with Gasteiger partial charge in [0.25, 0.3) is 0 Å². The Morgan fingerprint density at radius 2 is 2.16 bits per heavy atom. The molecule has 0 aliphatic rings. The minimum absolute atomic E-state index is 0.536. The standard InChI is InChI=1S/C18H24ClN3O2S/c1-4-24-17-15(19)10-13(11-16(17)23-3)12-22-18(20-2)21-8-7-14-6-5-9-25-14/h5-6,9-11H,4,7-8,12H2,1-3H3,(H2,20,21,22). The number of methoxy groups -OCH3 is 1. The summed E-state index contributed by atoms with van der Waals surface area (Å²) in [5.41, 5.74) is 0.992. The largest absolute Gasteiger partial charge is 0.493 e. The molecule has 1 heterocycles. The highest BCUT2D eigenvalue weighted by Crippen LogP contribution is 2.36. The Hall–Kier alpha value is -1.92. The zero-order valence-corrected chi connectivity index (χ0v) is 16.3. The quantitative estimate of drug-likeness (QED) is 0.540. The first-order chi connectivity index (χ1) is 12.2. The molecule has 2 rings (SSSR count). The van der Waals surface area contributed by atoms with Crippen molar-refractivity contribution in [1.82, 2.24) is 10.6 Å². The fraction of sp³-hybridized carbons (Fsp3) is 0.389. The summed E-state index contributed by atoms with van der Waals surface area (Å²) in [6.45, 7) is 3.86. The fourth-order valence-electron chi connectivity index (χ4n) is 2.33. The van der Waals surface area contributed by atoms with Crippen LogP contribution in [0.4, 0.5) is 0 Å². The normalized spacial score (nSPS) is 11.3. The number of thiophene rings is 1. The number of ether oxygens (including phenoxy) is 2. The van der Waals surface area contributed by atoms with Gasteiger partial charge in [-0.15, -0.1) is 11.3 Å². The summed E-state index contributed by atoms with van der Waals surface area (Å²) in [7, 11) is 3.36. The second kappa shape index (κ2) is 10.2. The van der Waals surface area contributed by atoms with Crippen molar-refractivity contribution in [3.05, 3.63) is 45.1 Å². The summed E-state index contributed by atoms with van der Waals surface area (Å²) in [6, 6.07) is 8.00. The van der Waals surface area contributed by atoms with Gasteiger partial charge in [0.15, 0.2) is 17.5 Å². The van der Waals surface area contributed by atoms with Crippen LogP contribution in [-0.4, -0.2) is 33.3 Å². The first-order valence-electron chi connectivity index (χ1n) is 8.14. The molecule has 0 aliphatic carbocycles. The van der Waals surface area contributed by atoms with Crippen LogP contribution in [0.2, 0.25) is 5.02 Å². The Balaban J connectivity index is 1.91. The molecule has 0 aliphatic heterocycles. The predicted molar refractivity (Wildman–Crippen MR) is 105 cm³/mol. The van der Waals surface area contributed by atoms with Gasteiger partial charge in [-0.3, -0.25) is 4.99 Å². The van der Waals surface area contributed by atoms with Crippen molar-refractivity contribution in [2.45, 2.75) is 19.9 Å². The molecule has 2 aromatic rings. The van der Waals surface area contributed by atoms with Gasteiger partial charge < -0.3 is 20.1 Å². The lowest BCUT2D eigenvalue weighted by molar-refractivity contribution is 0.311. The number of aliphatic imine (C=N–C) groups is 1. The number of hydrogen-bond donors (Lipinski definition) is 2. The Kier molecular flexibility index (Phi) is 7.88. The summed E-state index contributed by atoms with van der Waals surface area (Å²) in [5.74, 6) is 1.96. The van der Waals surface area contributed by atoms with Crippen molar-refractivity contribution in [2.24, 2.45) is 4.99 Å². The fourth-order valence-corrected chi connectivity index (χ4v) is 3.32. The van der Waals surface area contributed by atoms with Crippen LogP contribution in [0.5, 0.6) is 11.5 Å². The van der Waals surface area contributed by atoms with E-state index in [1.54, 1.807) is 25.5 Å². The minimum atomic E-state index is 0.536. The molecule has 0 fully saturated rings. The Bertz CT molecular complexity index is 690. The molecular formula is C18H24ClN3O2S. The van der Waals surface area contributed by atoms with Crippen molar-refractivity contribution in [2.75, 3.05) is 27.3 Å². The lowest BCUT2D eigenvalue weighted by Crippen LogP contribution is -2.37. The molecule has 0 amide bonds. The van der Waals surface area contributed by atoms with Crippen LogP contribution in [0.25, 0.3) is 0 Å². The van der Waals surface area contributed by atoms with Gasteiger partial charge in [0.2, 0.25) is 0 Å². The van der Waals surface area contributed by atoms with E-state index >= 15 is 0 Å². The molecule has 2 N–H and O–H groups in total. The number of guanidine groups is 1. The van der Waals surface area contributed by atoms with Gasteiger partial charge in [0.05, 0.1) is 18.7 Å². The molecule has 0 bridgehead atoms. The number of nitrogens with zero attached hydrogens (tertiary/aromatic N) is 1. The molecule has 0 atom stereocenters. The van der Waals surface area contributed by atoms with Gasteiger partial charge in [-0.25, -0.2) is 0 Å². The molecule has 5 nitrogen and oxygen atoms in total. The molecule has 1 aromatic heterocycles. The second-order valence-electron chi connectivity index (χ2n) is 5.22. The maximum atomic E-state index is 6.30. The Labute approximate surface area is 158 Å². The lowest BCUT2D eigenvalue weighted by Gasteiger charge is -2.15. The van der Waals surface area contributed by atoms with Crippen LogP contribution in [-0.2, 0) is 13.0 Å². The van der Waals surface area contributed by atoms with E-state index in [1.807, 2.05) is 19.1 Å². The smallest absolute Gasteiger partial charge is 0.191 e. The van der Waals surface area contributed by atoms with Gasteiger partial charge in [0.1, 0.15) is 0 Å². The zero-order chi connectivity index (χ0) is 18.1. The van der Waals surface area contributed by atoms with E-state index in [0.717, 1.165) is 24.5 Å². The van der Waals surface area contributed by atoms with Gasteiger partial charge in [-0.2, -0.15) is 0 Å². The minimum Gasteiger partial charge on any atom is -0.493 e. The van der Waals surface area contributed by atoms with Crippen molar-refractivity contribution in [1.29, 1.82) is 0 Å². The molecule has 0 saturated heterocycles. The van der Waals surface area contributed by atoms with E-state index in [9.17, 15) is 0 Å². The monoisotopic (exact) mass is 381 g/mol. The molecule has 0 spiro atoms. The van der Waals surface area contributed by atoms with E-state index in [2.05, 4.69) is 33.1 Å². The number of benzene rings is 1. The van der Waals surface area contributed by atoms with E-state index in [0.29, 0.717) is 29.7 Å². The highest BCUT2D eigenvalue weighted by Gasteiger charge is 2.12. The van der Waals surface area contributed by atoms with Crippen LogP contribution >= 0.6 is 22.9 Å². The van der Waals surface area contributed by atoms with Crippen molar-refractivity contribution in [3.63, 3.8) is 0 Å². The summed E-state index contributed by atoms with van der Waals surface area (Å²) < 4.78 is 10.9.